The maximum Gasteiger partial charge on any atom is 0.528 e. The first-order chi connectivity index (χ1) is 8.38. The van der Waals surface area contributed by atoms with E-state index in [2.05, 4.69) is 0 Å². The maximum absolute atomic E-state index is 11.6. The molecule has 0 spiro atoms. The van der Waals surface area contributed by atoms with Crippen molar-refractivity contribution in [3.63, 3.8) is 0 Å². The van der Waals surface area contributed by atoms with Crippen molar-refractivity contribution in [2.45, 2.75) is 58.7 Å². The normalized spacial score (nSPS) is 14.1. The molecule has 7 nitrogen and oxygen atoms in total. The van der Waals surface area contributed by atoms with Gasteiger partial charge in [-0.1, -0.05) is 0 Å². The Balaban J connectivity index is 4.99. The van der Waals surface area contributed by atoms with Crippen LogP contribution in [0, 0.1) is 0 Å². The van der Waals surface area contributed by atoms with E-state index in [4.69, 9.17) is 19.8 Å². The average molecular weight is 277 g/mol. The van der Waals surface area contributed by atoms with Gasteiger partial charge in [-0.3, -0.25) is 4.79 Å². The molecule has 112 valence electrons. The van der Waals surface area contributed by atoms with E-state index in [0.717, 1.165) is 5.06 Å². The number of nitrogens with zero attached hydrogens (tertiary/aromatic N) is 1. The molecule has 0 heterocycles. The molecule has 7 heteroatoms. The number of aliphatic hydroxyl groups excluding tert-OH is 1. The van der Waals surface area contributed by atoms with Crippen LogP contribution in [0.1, 0.15) is 41.5 Å². The van der Waals surface area contributed by atoms with Gasteiger partial charge in [-0.15, -0.1) is 5.06 Å². The van der Waals surface area contributed by atoms with Crippen LogP contribution in [0.25, 0.3) is 0 Å². The van der Waals surface area contributed by atoms with E-state index in [1.165, 1.54) is 0 Å². The minimum Gasteiger partial charge on any atom is -0.480 e. The average Bonchev–Trinajstić information content (AvgIpc) is 2.12. The summed E-state index contributed by atoms with van der Waals surface area (Å²) in [6.45, 7) is 9.27. The van der Waals surface area contributed by atoms with Crippen molar-refractivity contribution in [3.8, 4) is 0 Å². The molecule has 0 aliphatic rings. The number of hydrogen-bond donors (Lipinski definition) is 2. The number of hydrogen-bond acceptors (Lipinski definition) is 6. The molecule has 0 fully saturated rings. The van der Waals surface area contributed by atoms with Gasteiger partial charge in [0.15, 0.2) is 6.04 Å². The summed E-state index contributed by atoms with van der Waals surface area (Å²) in [6.07, 6.45) is -1.01. The number of carboxylic acids is 1. The number of aliphatic carboxylic acids is 1. The van der Waals surface area contributed by atoms with Crippen molar-refractivity contribution in [1.29, 1.82) is 0 Å². The minimum absolute atomic E-state index is 0.685. The first-order valence-corrected chi connectivity index (χ1v) is 5.92. The molecule has 0 amide bonds. The van der Waals surface area contributed by atoms with Gasteiger partial charge >= 0.3 is 12.1 Å². The fourth-order valence-electron chi connectivity index (χ4n) is 1.27. The van der Waals surface area contributed by atoms with Gasteiger partial charge < -0.3 is 19.8 Å². The second-order valence-corrected chi connectivity index (χ2v) is 6.09. The fourth-order valence-corrected chi connectivity index (χ4v) is 1.27. The van der Waals surface area contributed by atoms with E-state index in [1.807, 2.05) is 0 Å². The molecule has 0 radical (unpaired) electrons. The molecular formula is C12H23NO6. The zero-order valence-corrected chi connectivity index (χ0v) is 12.3. The topological polar surface area (TPSA) is 96.3 Å². The summed E-state index contributed by atoms with van der Waals surface area (Å²) in [6, 6.07) is -1.35. The molecule has 0 rings (SSSR count). The highest BCUT2D eigenvalue weighted by molar-refractivity contribution is 5.74. The van der Waals surface area contributed by atoms with Crippen molar-refractivity contribution in [3.05, 3.63) is 0 Å². The molecular weight excluding hydrogens is 254 g/mol. The van der Waals surface area contributed by atoms with Crippen LogP contribution < -0.4 is 0 Å². The van der Waals surface area contributed by atoms with E-state index >= 15 is 0 Å². The van der Waals surface area contributed by atoms with Gasteiger partial charge in [0.1, 0.15) is 5.60 Å². The van der Waals surface area contributed by atoms with E-state index in [0.29, 0.717) is 0 Å². The van der Waals surface area contributed by atoms with Gasteiger partial charge in [0.25, 0.3) is 0 Å². The standard InChI is InChI=1S/C12H23NO6/c1-11(2,3)13(8(7-14)9(15)16)19-10(17)18-12(4,5)6/h8,14H,7H2,1-6H3,(H,15,16)/t8-/m0/s1. The summed E-state index contributed by atoms with van der Waals surface area (Å²) >= 11 is 0. The Kier molecular flexibility index (Phi) is 5.77. The van der Waals surface area contributed by atoms with Crippen LogP contribution in [0.2, 0.25) is 0 Å². The molecule has 0 unspecified atom stereocenters. The van der Waals surface area contributed by atoms with Crippen molar-refractivity contribution >= 4 is 12.1 Å². The predicted octanol–water partition coefficient (Wildman–Crippen LogP) is 1.40. The lowest BCUT2D eigenvalue weighted by Gasteiger charge is -2.36. The van der Waals surface area contributed by atoms with Gasteiger partial charge in [-0.25, -0.2) is 4.79 Å². The van der Waals surface area contributed by atoms with Gasteiger partial charge in [-0.2, -0.15) is 0 Å². The van der Waals surface area contributed by atoms with E-state index < -0.39 is 35.9 Å². The second-order valence-electron chi connectivity index (χ2n) is 6.09. The highest BCUT2D eigenvalue weighted by atomic mass is 16.8. The summed E-state index contributed by atoms with van der Waals surface area (Å²) in [4.78, 5) is 27.6. The number of carboxylic acid groups (broad SMARTS) is 1. The third-order valence-electron chi connectivity index (χ3n) is 1.96. The highest BCUT2D eigenvalue weighted by Crippen LogP contribution is 2.20. The Morgan fingerprint density at radius 3 is 1.89 bits per heavy atom. The first-order valence-electron chi connectivity index (χ1n) is 5.92. The maximum atomic E-state index is 11.6. The zero-order valence-electron chi connectivity index (χ0n) is 12.3. The van der Waals surface area contributed by atoms with E-state index in [-0.39, 0.29) is 0 Å². The van der Waals surface area contributed by atoms with Crippen LogP contribution in [-0.2, 0) is 14.4 Å². The van der Waals surface area contributed by atoms with Crippen LogP contribution in [0.3, 0.4) is 0 Å². The molecule has 0 aromatic carbocycles. The second kappa shape index (κ2) is 6.21. The Morgan fingerprint density at radius 1 is 1.16 bits per heavy atom. The monoisotopic (exact) mass is 277 g/mol. The van der Waals surface area contributed by atoms with Crippen molar-refractivity contribution in [2.24, 2.45) is 0 Å². The number of aliphatic hydroxyl groups is 1. The van der Waals surface area contributed by atoms with E-state index in [1.54, 1.807) is 41.5 Å². The van der Waals surface area contributed by atoms with Crippen LogP contribution in [-0.4, -0.2) is 51.2 Å². The lowest BCUT2D eigenvalue weighted by atomic mass is 10.1. The summed E-state index contributed by atoms with van der Waals surface area (Å²) in [5.74, 6) is -1.29. The number of ether oxygens (including phenoxy) is 1. The number of rotatable bonds is 4. The van der Waals surface area contributed by atoms with Crippen LogP contribution in [0.5, 0.6) is 0 Å². The summed E-state index contributed by atoms with van der Waals surface area (Å²) in [7, 11) is 0. The van der Waals surface area contributed by atoms with Crippen LogP contribution in [0.4, 0.5) is 4.79 Å². The smallest absolute Gasteiger partial charge is 0.480 e. The highest BCUT2D eigenvalue weighted by Gasteiger charge is 2.38. The zero-order chi connectivity index (χ0) is 15.4. The Bertz CT molecular complexity index is 328. The lowest BCUT2D eigenvalue weighted by Crippen LogP contribution is -2.54. The Morgan fingerprint density at radius 2 is 1.63 bits per heavy atom. The molecule has 2 N–H and O–H groups in total. The predicted molar refractivity (Wildman–Crippen MR) is 67.4 cm³/mol. The SMILES string of the molecule is CC(C)(C)OC(=O)ON([C@@H](CO)C(=O)O)C(C)(C)C. The van der Waals surface area contributed by atoms with Crippen molar-refractivity contribution < 1.29 is 29.4 Å². The van der Waals surface area contributed by atoms with Crippen LogP contribution >= 0.6 is 0 Å². The molecule has 0 aliphatic heterocycles. The summed E-state index contributed by atoms with van der Waals surface area (Å²) < 4.78 is 4.96. The van der Waals surface area contributed by atoms with Crippen LogP contribution in [0.15, 0.2) is 0 Å². The molecule has 19 heavy (non-hydrogen) atoms. The minimum atomic E-state index is -1.35. The summed E-state index contributed by atoms with van der Waals surface area (Å²) in [5, 5.41) is 19.1. The Hall–Kier alpha value is -1.34. The van der Waals surface area contributed by atoms with Gasteiger partial charge in [0.05, 0.1) is 6.61 Å². The van der Waals surface area contributed by atoms with Gasteiger partial charge in [0.2, 0.25) is 0 Å². The molecule has 0 bridgehead atoms. The van der Waals surface area contributed by atoms with Crippen molar-refractivity contribution in [2.75, 3.05) is 6.61 Å². The quantitative estimate of drug-likeness (QED) is 0.592. The molecule has 0 saturated heterocycles. The molecule has 0 aliphatic carbocycles. The summed E-state index contributed by atoms with van der Waals surface area (Å²) in [5.41, 5.74) is -1.55. The molecule has 0 saturated carbocycles. The largest absolute Gasteiger partial charge is 0.528 e. The van der Waals surface area contributed by atoms with Crippen molar-refractivity contribution in [1.82, 2.24) is 5.06 Å². The fraction of sp³-hybridized carbons (Fsp3) is 0.833. The molecule has 0 aromatic rings. The molecule has 1 atom stereocenters. The number of carbonyl (C=O) groups excluding carboxylic acids is 1. The third kappa shape index (κ3) is 6.40. The Labute approximate surface area is 113 Å². The van der Waals surface area contributed by atoms with E-state index in [9.17, 15) is 9.59 Å². The molecule has 0 aromatic heterocycles. The van der Waals surface area contributed by atoms with Gasteiger partial charge in [0, 0.05) is 5.54 Å². The number of carbonyl (C=O) groups is 2. The lowest BCUT2D eigenvalue weighted by molar-refractivity contribution is -0.221. The number of hydroxylamine groups is 2. The third-order valence-corrected chi connectivity index (χ3v) is 1.96. The first kappa shape index (κ1) is 17.7. The van der Waals surface area contributed by atoms with Gasteiger partial charge in [-0.05, 0) is 41.5 Å².